The van der Waals surface area contributed by atoms with E-state index in [4.69, 9.17) is 10.1 Å². The molecule has 0 unspecified atom stereocenters. The average Bonchev–Trinajstić information content (AvgIpc) is 2.80. The number of rotatable bonds is 4. The minimum Gasteiger partial charge on any atom is -0.399 e. The molecule has 0 aliphatic rings. The summed E-state index contributed by atoms with van der Waals surface area (Å²) >= 11 is 0. The highest BCUT2D eigenvalue weighted by Gasteiger charge is 2.17. The van der Waals surface area contributed by atoms with Gasteiger partial charge in [0.25, 0.3) is 5.69 Å². The van der Waals surface area contributed by atoms with Crippen molar-refractivity contribution in [2.75, 3.05) is 7.11 Å². The van der Waals surface area contributed by atoms with Crippen molar-refractivity contribution in [3.63, 3.8) is 0 Å². The second-order valence-electron chi connectivity index (χ2n) is 3.27. The summed E-state index contributed by atoms with van der Waals surface area (Å²) in [5, 5.41) is 21.6. The van der Waals surface area contributed by atoms with Gasteiger partial charge in [0.2, 0.25) is 0 Å². The second kappa shape index (κ2) is 5.02. The van der Waals surface area contributed by atoms with Crippen LogP contribution in [0.1, 0.15) is 5.69 Å². The van der Waals surface area contributed by atoms with Crippen LogP contribution < -0.4 is 0 Å². The quantitative estimate of drug-likeness (QED) is 0.208. The summed E-state index contributed by atoms with van der Waals surface area (Å²) in [6.07, 6.45) is 1.24. The Morgan fingerprint density at radius 1 is 1.63 bits per heavy atom. The molecule has 0 aliphatic heterocycles. The van der Waals surface area contributed by atoms with Crippen molar-refractivity contribution in [1.82, 2.24) is 5.16 Å². The minimum absolute atomic E-state index is 0.0329. The predicted molar refractivity (Wildman–Crippen MR) is 64.1 cm³/mol. The smallest absolute Gasteiger partial charge is 0.273 e. The maximum Gasteiger partial charge on any atom is 0.273 e. The first-order valence-electron chi connectivity index (χ1n) is 4.87. The summed E-state index contributed by atoms with van der Waals surface area (Å²) in [6.45, 7) is 0. The van der Waals surface area contributed by atoms with E-state index in [-0.39, 0.29) is 22.7 Å². The number of nitro groups is 1. The number of hydrogen-bond acceptors (Lipinski definition) is 7. The molecule has 19 heavy (non-hydrogen) atoms. The molecule has 1 aromatic carbocycles. The largest absolute Gasteiger partial charge is 0.399 e. The fourth-order valence-corrected chi connectivity index (χ4v) is 1.48. The van der Waals surface area contributed by atoms with E-state index in [1.54, 1.807) is 0 Å². The molecule has 0 radical (unpaired) electrons. The number of non-ortho nitro benzene ring substituents is 1. The lowest BCUT2D eigenvalue weighted by atomic mass is 10.1. The molecular weight excluding hydrogens is 256 g/mol. The third-order valence-corrected chi connectivity index (χ3v) is 2.21. The number of nitro benzene ring substituents is 1. The Hall–Kier alpha value is -3.13. The maximum absolute atomic E-state index is 10.7. The molecule has 96 valence electrons. The van der Waals surface area contributed by atoms with Gasteiger partial charge >= 0.3 is 0 Å². The van der Waals surface area contributed by atoms with E-state index in [0.29, 0.717) is 5.39 Å². The molecular formula is C9H6N6O4. The van der Waals surface area contributed by atoms with Gasteiger partial charge in [0.1, 0.15) is 12.8 Å². The molecule has 2 aromatic rings. The van der Waals surface area contributed by atoms with Crippen LogP contribution in [0.4, 0.5) is 11.4 Å². The Bertz CT molecular complexity index is 715. The van der Waals surface area contributed by atoms with Crippen molar-refractivity contribution in [3.05, 3.63) is 38.4 Å². The van der Waals surface area contributed by atoms with Gasteiger partial charge in [-0.25, -0.2) is 0 Å². The van der Waals surface area contributed by atoms with Crippen molar-refractivity contribution in [1.29, 1.82) is 0 Å². The normalized spacial score (nSPS) is 10.6. The molecule has 10 heteroatoms. The molecule has 0 bridgehead atoms. The van der Waals surface area contributed by atoms with Crippen LogP contribution in [-0.2, 0) is 4.84 Å². The highest BCUT2D eigenvalue weighted by atomic mass is 16.6. The minimum atomic E-state index is -0.624. The van der Waals surface area contributed by atoms with Gasteiger partial charge in [-0.15, -0.1) is 0 Å². The molecule has 10 nitrogen and oxygen atoms in total. The molecule has 0 spiro atoms. The SMILES string of the molecule is CON=Cc1noc2cc([N+](=O)[O-])cc(N=[N+]=[N-])c12. The Morgan fingerprint density at radius 3 is 3.05 bits per heavy atom. The highest BCUT2D eigenvalue weighted by Crippen LogP contribution is 2.33. The lowest BCUT2D eigenvalue weighted by Gasteiger charge is -1.95. The maximum atomic E-state index is 10.7. The van der Waals surface area contributed by atoms with Gasteiger partial charge in [-0.05, 0) is 5.53 Å². The third-order valence-electron chi connectivity index (χ3n) is 2.21. The van der Waals surface area contributed by atoms with Gasteiger partial charge in [-0.2, -0.15) is 0 Å². The molecule has 1 heterocycles. The Kier molecular flexibility index (Phi) is 3.26. The zero-order valence-corrected chi connectivity index (χ0v) is 9.55. The van der Waals surface area contributed by atoms with Crippen LogP contribution in [0.15, 0.2) is 26.9 Å². The van der Waals surface area contributed by atoms with Crippen molar-refractivity contribution in [3.8, 4) is 0 Å². The van der Waals surface area contributed by atoms with Crippen LogP contribution in [-0.4, -0.2) is 23.4 Å². The summed E-state index contributed by atoms with van der Waals surface area (Å²) in [5.41, 5.74) is 8.63. The van der Waals surface area contributed by atoms with Crippen LogP contribution in [0.25, 0.3) is 21.4 Å². The third kappa shape index (κ3) is 2.28. The van der Waals surface area contributed by atoms with E-state index in [1.807, 2.05) is 0 Å². The first-order chi connectivity index (χ1) is 9.17. The number of aromatic nitrogens is 1. The van der Waals surface area contributed by atoms with Crippen molar-refractivity contribution >= 4 is 28.6 Å². The number of oxime groups is 1. The second-order valence-corrected chi connectivity index (χ2v) is 3.27. The van der Waals surface area contributed by atoms with Crippen LogP contribution >= 0.6 is 0 Å². The average molecular weight is 262 g/mol. The van der Waals surface area contributed by atoms with E-state index in [1.165, 1.54) is 19.4 Å². The number of hydrogen-bond donors (Lipinski definition) is 0. The summed E-state index contributed by atoms with van der Waals surface area (Å²) < 4.78 is 4.94. The predicted octanol–water partition coefficient (Wildman–Crippen LogP) is 2.66. The van der Waals surface area contributed by atoms with E-state index in [0.717, 1.165) is 6.07 Å². The van der Waals surface area contributed by atoms with Crippen molar-refractivity contribution in [2.45, 2.75) is 0 Å². The van der Waals surface area contributed by atoms with Crippen LogP contribution in [0, 0.1) is 10.1 Å². The van der Waals surface area contributed by atoms with Crippen molar-refractivity contribution in [2.24, 2.45) is 10.3 Å². The van der Waals surface area contributed by atoms with Gasteiger partial charge in [0.05, 0.1) is 28.3 Å². The lowest BCUT2D eigenvalue weighted by molar-refractivity contribution is -0.384. The highest BCUT2D eigenvalue weighted by molar-refractivity contribution is 6.02. The molecule has 2 rings (SSSR count). The molecule has 0 amide bonds. The first kappa shape index (κ1) is 12.3. The topological polar surface area (TPSA) is 140 Å². The molecule has 0 aliphatic carbocycles. The van der Waals surface area contributed by atoms with E-state index < -0.39 is 4.92 Å². The molecule has 0 atom stereocenters. The van der Waals surface area contributed by atoms with Gasteiger partial charge in [-0.3, -0.25) is 10.1 Å². The Labute approximate surface area is 105 Å². The number of nitrogens with zero attached hydrogens (tertiary/aromatic N) is 6. The Balaban J connectivity index is 2.74. The molecule has 1 aromatic heterocycles. The van der Waals surface area contributed by atoms with Crippen LogP contribution in [0.5, 0.6) is 0 Å². The Morgan fingerprint density at radius 2 is 2.42 bits per heavy atom. The monoisotopic (exact) mass is 262 g/mol. The summed E-state index contributed by atoms with van der Waals surface area (Å²) in [4.78, 5) is 17.2. The fraction of sp³-hybridized carbons (Fsp3) is 0.111. The zero-order chi connectivity index (χ0) is 13.8. The molecule has 0 N–H and O–H groups in total. The number of benzene rings is 1. The van der Waals surface area contributed by atoms with Crippen LogP contribution in [0.3, 0.4) is 0 Å². The van der Waals surface area contributed by atoms with E-state index in [9.17, 15) is 10.1 Å². The summed E-state index contributed by atoms with van der Waals surface area (Å²) in [6, 6.07) is 2.31. The zero-order valence-electron chi connectivity index (χ0n) is 9.55. The van der Waals surface area contributed by atoms with E-state index >= 15 is 0 Å². The molecule has 0 fully saturated rings. The van der Waals surface area contributed by atoms with Gasteiger partial charge < -0.3 is 9.36 Å². The fourth-order valence-electron chi connectivity index (χ4n) is 1.48. The van der Waals surface area contributed by atoms with Gasteiger partial charge in [0.15, 0.2) is 5.58 Å². The number of azide groups is 1. The lowest BCUT2D eigenvalue weighted by Crippen LogP contribution is -1.88. The standard InChI is InChI=1S/C9H6N6O4/c1-18-11-4-7-9-6(12-14-10)2-5(15(16)17)3-8(9)19-13-7/h2-4H,1H3. The molecule has 0 saturated heterocycles. The number of fused-ring (bicyclic) bond motifs is 1. The first-order valence-corrected chi connectivity index (χ1v) is 4.87. The van der Waals surface area contributed by atoms with Crippen molar-refractivity contribution < 1.29 is 14.3 Å². The van der Waals surface area contributed by atoms with E-state index in [2.05, 4.69) is 25.2 Å². The van der Waals surface area contributed by atoms with Crippen LogP contribution in [0.2, 0.25) is 0 Å². The summed E-state index contributed by atoms with van der Waals surface area (Å²) in [7, 11) is 1.35. The van der Waals surface area contributed by atoms with Gasteiger partial charge in [0, 0.05) is 11.0 Å². The van der Waals surface area contributed by atoms with Gasteiger partial charge in [-0.1, -0.05) is 15.4 Å². The molecule has 0 saturated carbocycles. The summed E-state index contributed by atoms with van der Waals surface area (Å²) in [5.74, 6) is 0.